The Morgan fingerprint density at radius 2 is 1.80 bits per heavy atom. The number of fused-ring (bicyclic) bond motifs is 1. The highest BCUT2D eigenvalue weighted by Gasteiger charge is 2.10. The van der Waals surface area contributed by atoms with Crippen LogP contribution in [0.25, 0.3) is 22.2 Å². The Morgan fingerprint density at radius 1 is 1.04 bits per heavy atom. The summed E-state index contributed by atoms with van der Waals surface area (Å²) in [4.78, 5) is 25.5. The molecule has 0 aliphatic heterocycles. The van der Waals surface area contributed by atoms with Gasteiger partial charge in [-0.2, -0.15) is 5.26 Å². The van der Waals surface area contributed by atoms with Crippen molar-refractivity contribution in [3.8, 4) is 17.2 Å². The molecule has 7 nitrogen and oxygen atoms in total. The van der Waals surface area contributed by atoms with Gasteiger partial charge in [0.05, 0.1) is 29.0 Å². The molecule has 0 atom stereocenters. The highest BCUT2D eigenvalue weighted by Crippen LogP contribution is 2.30. The fourth-order valence-corrected chi connectivity index (χ4v) is 2.64. The van der Waals surface area contributed by atoms with Crippen LogP contribution < -0.4 is 11.0 Å². The molecule has 25 heavy (non-hydrogen) atoms. The van der Waals surface area contributed by atoms with Gasteiger partial charge >= 0.3 is 5.69 Å². The summed E-state index contributed by atoms with van der Waals surface area (Å²) in [5.41, 5.74) is 4.14. The van der Waals surface area contributed by atoms with E-state index in [0.717, 1.165) is 22.3 Å². The number of hydrogen-bond acceptors (Lipinski definition) is 5. The predicted octanol–water partition coefficient (Wildman–Crippen LogP) is 2.93. The van der Waals surface area contributed by atoms with Crippen molar-refractivity contribution >= 4 is 22.7 Å². The van der Waals surface area contributed by atoms with Gasteiger partial charge < -0.3 is 15.3 Å². The summed E-state index contributed by atoms with van der Waals surface area (Å²) in [6, 6.07) is 15.5. The van der Waals surface area contributed by atoms with E-state index < -0.39 is 0 Å². The Labute approximate surface area is 142 Å². The molecule has 0 radical (unpaired) electrons. The number of aromatic nitrogens is 4. The molecule has 0 spiro atoms. The summed E-state index contributed by atoms with van der Waals surface area (Å²) in [5.74, 6) is 0.371. The average molecular weight is 328 g/mol. The van der Waals surface area contributed by atoms with E-state index in [-0.39, 0.29) is 5.69 Å². The number of aromatic amines is 2. The highest BCUT2D eigenvalue weighted by molar-refractivity contribution is 5.95. The van der Waals surface area contributed by atoms with E-state index in [1.165, 1.54) is 12.4 Å². The minimum atomic E-state index is -0.265. The molecule has 0 saturated carbocycles. The Balaban J connectivity index is 1.82. The first-order valence-corrected chi connectivity index (χ1v) is 7.53. The van der Waals surface area contributed by atoms with E-state index in [2.05, 4.69) is 25.3 Å². The molecule has 0 aliphatic carbocycles. The largest absolute Gasteiger partial charge is 0.324 e. The lowest BCUT2D eigenvalue weighted by molar-refractivity contribution is 1.15. The summed E-state index contributed by atoms with van der Waals surface area (Å²) < 4.78 is 0. The fourth-order valence-electron chi connectivity index (χ4n) is 2.64. The molecule has 0 unspecified atom stereocenters. The SMILES string of the molecule is N#Cc1cnc(Nc2cc(-c3ccccc3)c3[nH]c(=O)[nH]c3c2)nc1. The standard InChI is InChI=1S/C18H12N6O/c19-8-11-9-20-17(21-10-11)22-13-6-14(12-4-2-1-3-5-12)16-15(7-13)23-18(25)24-16/h1-7,9-10H,(H,20,21,22)(H2,23,24,25). The average Bonchev–Trinajstić information content (AvgIpc) is 3.02. The normalized spacial score (nSPS) is 10.5. The van der Waals surface area contributed by atoms with E-state index in [1.807, 2.05) is 42.5 Å². The van der Waals surface area contributed by atoms with Crippen LogP contribution in [0, 0.1) is 11.3 Å². The number of benzene rings is 2. The first-order valence-electron chi connectivity index (χ1n) is 7.53. The maximum Gasteiger partial charge on any atom is 0.323 e. The summed E-state index contributed by atoms with van der Waals surface area (Å²) in [6.07, 6.45) is 2.90. The van der Waals surface area contributed by atoms with E-state index in [4.69, 9.17) is 5.26 Å². The molecular formula is C18H12N6O. The van der Waals surface area contributed by atoms with Crippen LogP contribution in [-0.2, 0) is 0 Å². The van der Waals surface area contributed by atoms with Gasteiger partial charge in [-0.15, -0.1) is 0 Å². The second-order valence-corrected chi connectivity index (χ2v) is 5.42. The second-order valence-electron chi connectivity index (χ2n) is 5.42. The molecule has 0 aliphatic rings. The van der Waals surface area contributed by atoms with Crippen molar-refractivity contribution < 1.29 is 0 Å². The van der Waals surface area contributed by atoms with E-state index in [9.17, 15) is 4.79 Å². The molecule has 0 fully saturated rings. The van der Waals surface area contributed by atoms with Crippen molar-refractivity contribution in [2.24, 2.45) is 0 Å². The molecule has 0 amide bonds. The Kier molecular flexibility index (Phi) is 3.48. The van der Waals surface area contributed by atoms with Crippen LogP contribution in [0.15, 0.2) is 59.7 Å². The Morgan fingerprint density at radius 3 is 2.52 bits per heavy atom. The summed E-state index contributed by atoms with van der Waals surface area (Å²) in [6.45, 7) is 0. The number of nitriles is 1. The summed E-state index contributed by atoms with van der Waals surface area (Å²) in [7, 11) is 0. The van der Waals surface area contributed by atoms with Crippen molar-refractivity contribution in [1.29, 1.82) is 5.26 Å². The highest BCUT2D eigenvalue weighted by atomic mass is 16.1. The Hall–Kier alpha value is -3.92. The maximum atomic E-state index is 11.7. The van der Waals surface area contributed by atoms with Gasteiger partial charge in [0.1, 0.15) is 6.07 Å². The van der Waals surface area contributed by atoms with Crippen LogP contribution in [0.2, 0.25) is 0 Å². The number of anilines is 2. The zero-order valence-electron chi connectivity index (χ0n) is 12.9. The first-order chi connectivity index (χ1) is 12.2. The van der Waals surface area contributed by atoms with Gasteiger partial charge in [-0.3, -0.25) is 0 Å². The van der Waals surface area contributed by atoms with Gasteiger partial charge in [0, 0.05) is 11.3 Å². The second kappa shape index (κ2) is 5.94. The smallest absolute Gasteiger partial charge is 0.323 e. The molecule has 4 aromatic rings. The van der Waals surface area contributed by atoms with Crippen molar-refractivity contribution in [3.63, 3.8) is 0 Å². The third-order valence-electron chi connectivity index (χ3n) is 3.75. The van der Waals surface area contributed by atoms with Crippen LogP contribution in [0.5, 0.6) is 0 Å². The number of hydrogen-bond donors (Lipinski definition) is 3. The van der Waals surface area contributed by atoms with Crippen molar-refractivity contribution in [2.45, 2.75) is 0 Å². The minimum Gasteiger partial charge on any atom is -0.324 e. The molecule has 2 aromatic carbocycles. The van der Waals surface area contributed by atoms with Crippen molar-refractivity contribution in [3.05, 3.63) is 70.9 Å². The molecule has 7 heteroatoms. The summed E-state index contributed by atoms with van der Waals surface area (Å²) >= 11 is 0. The van der Waals surface area contributed by atoms with Gasteiger partial charge in [-0.05, 0) is 17.7 Å². The number of rotatable bonds is 3. The maximum absolute atomic E-state index is 11.7. The van der Waals surface area contributed by atoms with Gasteiger partial charge in [-0.25, -0.2) is 14.8 Å². The lowest BCUT2D eigenvalue weighted by Gasteiger charge is -2.09. The van der Waals surface area contributed by atoms with Gasteiger partial charge in [-0.1, -0.05) is 30.3 Å². The van der Waals surface area contributed by atoms with E-state index in [1.54, 1.807) is 6.07 Å². The molecule has 2 aromatic heterocycles. The topological polar surface area (TPSA) is 110 Å². The minimum absolute atomic E-state index is 0.265. The Bertz CT molecular complexity index is 1140. The van der Waals surface area contributed by atoms with Gasteiger partial charge in [0.15, 0.2) is 0 Å². The van der Waals surface area contributed by atoms with E-state index >= 15 is 0 Å². The molecule has 3 N–H and O–H groups in total. The van der Waals surface area contributed by atoms with Crippen LogP contribution in [-0.4, -0.2) is 19.9 Å². The third kappa shape index (κ3) is 2.84. The van der Waals surface area contributed by atoms with Crippen LogP contribution in [0.3, 0.4) is 0 Å². The molecule has 2 heterocycles. The number of nitrogens with zero attached hydrogens (tertiary/aromatic N) is 3. The quantitative estimate of drug-likeness (QED) is 0.535. The van der Waals surface area contributed by atoms with Crippen molar-refractivity contribution in [2.75, 3.05) is 5.32 Å². The zero-order chi connectivity index (χ0) is 17.2. The van der Waals surface area contributed by atoms with Gasteiger partial charge in [0.2, 0.25) is 5.95 Å². The lowest BCUT2D eigenvalue weighted by Crippen LogP contribution is -1.99. The first kappa shape index (κ1) is 14.7. The molecule has 120 valence electrons. The molecule has 0 saturated heterocycles. The van der Waals surface area contributed by atoms with Crippen LogP contribution in [0.1, 0.15) is 5.56 Å². The number of nitrogens with one attached hydrogen (secondary N) is 3. The number of H-pyrrole nitrogens is 2. The fraction of sp³-hybridized carbons (Fsp3) is 0. The zero-order valence-corrected chi connectivity index (χ0v) is 12.9. The lowest BCUT2D eigenvalue weighted by atomic mass is 10.0. The molecule has 4 rings (SSSR count). The summed E-state index contributed by atoms with van der Waals surface area (Å²) in [5, 5.41) is 11.9. The van der Waals surface area contributed by atoms with Crippen molar-refractivity contribution in [1.82, 2.24) is 19.9 Å². The predicted molar refractivity (Wildman–Crippen MR) is 94.4 cm³/mol. The molecule has 0 bridgehead atoms. The number of imidazole rings is 1. The monoisotopic (exact) mass is 328 g/mol. The van der Waals surface area contributed by atoms with E-state index in [0.29, 0.717) is 17.0 Å². The van der Waals surface area contributed by atoms with Crippen LogP contribution in [0.4, 0.5) is 11.6 Å². The van der Waals surface area contributed by atoms with Crippen LogP contribution >= 0.6 is 0 Å². The third-order valence-corrected chi connectivity index (χ3v) is 3.75. The van der Waals surface area contributed by atoms with Gasteiger partial charge in [0.25, 0.3) is 0 Å². The molecular weight excluding hydrogens is 316 g/mol.